The molecular weight excluding hydrogens is 424 g/mol. The molecule has 26 heavy (non-hydrogen) atoms. The fourth-order valence-electron chi connectivity index (χ4n) is 2.90. The Kier molecular flexibility index (Phi) is 5.93. The number of aromatic nitrogens is 2. The zero-order chi connectivity index (χ0) is 18.7. The number of aryl methyl sites for hydroxylation is 1. The standard InChI is InChI=1S/C17H18BrClN4O3/c1-10-21-15(26-22-10)9-20-16(24)11-4-6-23(7-5-11)17(25)13-8-12(18)2-3-14(13)19/h2-3,8,11H,4-7,9H2,1H3,(H,20,24). The van der Waals surface area contributed by atoms with E-state index in [1.54, 1.807) is 30.0 Å². The highest BCUT2D eigenvalue weighted by Crippen LogP contribution is 2.25. The molecule has 1 aromatic heterocycles. The first kappa shape index (κ1) is 18.8. The summed E-state index contributed by atoms with van der Waals surface area (Å²) in [7, 11) is 0. The van der Waals surface area contributed by atoms with Gasteiger partial charge in [-0.25, -0.2) is 0 Å². The predicted molar refractivity (Wildman–Crippen MR) is 98.7 cm³/mol. The Labute approximate surface area is 164 Å². The van der Waals surface area contributed by atoms with Gasteiger partial charge >= 0.3 is 0 Å². The minimum Gasteiger partial charge on any atom is -0.347 e. The zero-order valence-corrected chi connectivity index (χ0v) is 16.5. The predicted octanol–water partition coefficient (Wildman–Crippen LogP) is 2.96. The van der Waals surface area contributed by atoms with Crippen LogP contribution < -0.4 is 5.32 Å². The van der Waals surface area contributed by atoms with Crippen molar-refractivity contribution in [2.75, 3.05) is 13.1 Å². The lowest BCUT2D eigenvalue weighted by Gasteiger charge is -2.31. The van der Waals surface area contributed by atoms with Crippen LogP contribution in [0.3, 0.4) is 0 Å². The maximum atomic E-state index is 12.7. The quantitative estimate of drug-likeness (QED) is 0.788. The number of carbonyl (C=O) groups excluding carboxylic acids is 2. The highest BCUT2D eigenvalue weighted by molar-refractivity contribution is 9.10. The number of hydrogen-bond donors (Lipinski definition) is 1. The van der Waals surface area contributed by atoms with Gasteiger partial charge in [-0.3, -0.25) is 9.59 Å². The molecule has 0 bridgehead atoms. The number of rotatable bonds is 4. The van der Waals surface area contributed by atoms with Crippen LogP contribution in [0.5, 0.6) is 0 Å². The third-order valence-corrected chi connectivity index (χ3v) is 5.12. The molecule has 138 valence electrons. The Bertz CT molecular complexity index is 818. The van der Waals surface area contributed by atoms with Crippen molar-refractivity contribution in [2.24, 2.45) is 5.92 Å². The van der Waals surface area contributed by atoms with E-state index in [1.807, 2.05) is 0 Å². The molecule has 1 aliphatic rings. The van der Waals surface area contributed by atoms with Gasteiger partial charge in [0.25, 0.3) is 5.91 Å². The number of carbonyl (C=O) groups is 2. The molecular formula is C17H18BrClN4O3. The minimum atomic E-state index is -0.138. The molecule has 0 spiro atoms. The fourth-order valence-corrected chi connectivity index (χ4v) is 3.45. The smallest absolute Gasteiger partial charge is 0.255 e. The molecule has 1 fully saturated rings. The van der Waals surface area contributed by atoms with Crippen molar-refractivity contribution in [1.82, 2.24) is 20.4 Å². The molecule has 0 radical (unpaired) electrons. The van der Waals surface area contributed by atoms with Crippen molar-refractivity contribution in [3.8, 4) is 0 Å². The molecule has 0 aliphatic carbocycles. The van der Waals surface area contributed by atoms with E-state index in [0.29, 0.717) is 48.2 Å². The molecule has 2 amide bonds. The summed E-state index contributed by atoms with van der Waals surface area (Å²) in [6, 6.07) is 5.20. The van der Waals surface area contributed by atoms with Crippen molar-refractivity contribution in [1.29, 1.82) is 0 Å². The molecule has 9 heteroatoms. The largest absolute Gasteiger partial charge is 0.347 e. The first-order chi connectivity index (χ1) is 12.4. The highest BCUT2D eigenvalue weighted by atomic mass is 79.9. The van der Waals surface area contributed by atoms with Crippen molar-refractivity contribution in [3.63, 3.8) is 0 Å². The van der Waals surface area contributed by atoms with Crippen LogP contribution in [-0.2, 0) is 11.3 Å². The normalized spacial score (nSPS) is 15.1. The van der Waals surface area contributed by atoms with Crippen LogP contribution in [0, 0.1) is 12.8 Å². The average molecular weight is 442 g/mol. The lowest BCUT2D eigenvalue weighted by atomic mass is 9.95. The van der Waals surface area contributed by atoms with Crippen LogP contribution in [0.1, 0.15) is 34.9 Å². The van der Waals surface area contributed by atoms with Crippen molar-refractivity contribution in [3.05, 3.63) is 45.0 Å². The number of nitrogens with one attached hydrogen (secondary N) is 1. The molecule has 0 atom stereocenters. The minimum absolute atomic E-state index is 0.0616. The van der Waals surface area contributed by atoms with E-state index < -0.39 is 0 Å². The van der Waals surface area contributed by atoms with E-state index in [9.17, 15) is 9.59 Å². The van der Waals surface area contributed by atoms with Gasteiger partial charge in [0.05, 0.1) is 17.1 Å². The molecule has 7 nitrogen and oxygen atoms in total. The van der Waals surface area contributed by atoms with E-state index in [1.165, 1.54) is 0 Å². The monoisotopic (exact) mass is 440 g/mol. The Morgan fingerprint density at radius 2 is 2.12 bits per heavy atom. The van der Waals surface area contributed by atoms with Crippen molar-refractivity contribution < 1.29 is 14.1 Å². The number of piperidine rings is 1. The number of nitrogens with zero attached hydrogens (tertiary/aromatic N) is 3. The first-order valence-corrected chi connectivity index (χ1v) is 9.42. The summed E-state index contributed by atoms with van der Waals surface area (Å²) < 4.78 is 5.78. The lowest BCUT2D eigenvalue weighted by molar-refractivity contribution is -0.126. The van der Waals surface area contributed by atoms with Gasteiger partial charge in [0, 0.05) is 23.5 Å². The molecule has 1 saturated heterocycles. The van der Waals surface area contributed by atoms with E-state index >= 15 is 0 Å². The van der Waals surface area contributed by atoms with Gasteiger partial charge in [-0.15, -0.1) is 0 Å². The van der Waals surface area contributed by atoms with Crippen LogP contribution >= 0.6 is 27.5 Å². The van der Waals surface area contributed by atoms with Crippen LogP contribution in [0.25, 0.3) is 0 Å². The Hall–Kier alpha value is -1.93. The van der Waals surface area contributed by atoms with Gasteiger partial charge in [0.1, 0.15) is 0 Å². The van der Waals surface area contributed by atoms with E-state index in [2.05, 4.69) is 31.4 Å². The SMILES string of the molecule is Cc1noc(CNC(=O)C2CCN(C(=O)c3cc(Br)ccc3Cl)CC2)n1. The molecule has 1 aliphatic heterocycles. The third kappa shape index (κ3) is 4.42. The summed E-state index contributed by atoms with van der Waals surface area (Å²) >= 11 is 9.49. The number of benzene rings is 1. The summed E-state index contributed by atoms with van der Waals surface area (Å²) in [5.74, 6) is 0.603. The Morgan fingerprint density at radius 3 is 2.77 bits per heavy atom. The molecule has 3 rings (SSSR count). The third-order valence-electron chi connectivity index (χ3n) is 4.30. The van der Waals surface area contributed by atoms with Gasteiger partial charge < -0.3 is 14.7 Å². The summed E-state index contributed by atoms with van der Waals surface area (Å²) in [5, 5.41) is 6.92. The number of hydrogen-bond acceptors (Lipinski definition) is 5. The molecule has 2 aromatic rings. The summed E-state index contributed by atoms with van der Waals surface area (Å²) in [5.41, 5.74) is 0.468. The second-order valence-electron chi connectivity index (χ2n) is 6.14. The van der Waals surface area contributed by atoms with Crippen LogP contribution in [0.2, 0.25) is 5.02 Å². The first-order valence-electron chi connectivity index (χ1n) is 8.25. The van der Waals surface area contributed by atoms with Crippen LogP contribution in [0.15, 0.2) is 27.2 Å². The fraction of sp³-hybridized carbons (Fsp3) is 0.412. The van der Waals surface area contributed by atoms with E-state index in [-0.39, 0.29) is 24.3 Å². The summed E-state index contributed by atoms with van der Waals surface area (Å²) in [6.45, 7) is 2.96. The zero-order valence-electron chi connectivity index (χ0n) is 14.2. The lowest BCUT2D eigenvalue weighted by Crippen LogP contribution is -2.43. The Morgan fingerprint density at radius 1 is 1.38 bits per heavy atom. The van der Waals surface area contributed by atoms with Crippen LogP contribution in [0.4, 0.5) is 0 Å². The number of likely N-dealkylation sites (tertiary alicyclic amines) is 1. The highest BCUT2D eigenvalue weighted by Gasteiger charge is 2.28. The van der Waals surface area contributed by atoms with Crippen LogP contribution in [-0.4, -0.2) is 39.9 Å². The van der Waals surface area contributed by atoms with Crippen molar-refractivity contribution in [2.45, 2.75) is 26.3 Å². The van der Waals surface area contributed by atoms with Crippen molar-refractivity contribution >= 4 is 39.3 Å². The second kappa shape index (κ2) is 8.18. The second-order valence-corrected chi connectivity index (χ2v) is 7.47. The average Bonchev–Trinajstić information content (AvgIpc) is 3.06. The topological polar surface area (TPSA) is 88.3 Å². The molecule has 2 heterocycles. The maximum Gasteiger partial charge on any atom is 0.255 e. The van der Waals surface area contributed by atoms with Gasteiger partial charge in [-0.2, -0.15) is 4.98 Å². The number of halogens is 2. The molecule has 1 aromatic carbocycles. The maximum absolute atomic E-state index is 12.7. The van der Waals surface area contributed by atoms with Gasteiger partial charge in [-0.1, -0.05) is 32.7 Å². The molecule has 1 N–H and O–H groups in total. The van der Waals surface area contributed by atoms with Gasteiger partial charge in [0.15, 0.2) is 5.82 Å². The van der Waals surface area contributed by atoms with Gasteiger partial charge in [-0.05, 0) is 38.0 Å². The number of amides is 2. The summed E-state index contributed by atoms with van der Waals surface area (Å²) in [6.07, 6.45) is 1.21. The van der Waals surface area contributed by atoms with E-state index in [0.717, 1.165) is 4.47 Å². The van der Waals surface area contributed by atoms with E-state index in [4.69, 9.17) is 16.1 Å². The van der Waals surface area contributed by atoms with Gasteiger partial charge in [0.2, 0.25) is 11.8 Å². The Balaban J connectivity index is 1.52. The summed E-state index contributed by atoms with van der Waals surface area (Å²) in [4.78, 5) is 30.7. The molecule has 0 saturated carbocycles. The molecule has 0 unspecified atom stereocenters.